The molecule has 1 aliphatic heterocycles. The van der Waals surface area contributed by atoms with Gasteiger partial charge in [-0.1, -0.05) is 24.4 Å². The van der Waals surface area contributed by atoms with Crippen LogP contribution in [0.5, 0.6) is 0 Å². The molecule has 0 spiro atoms. The van der Waals surface area contributed by atoms with E-state index < -0.39 is 39.9 Å². The SMILES string of the molecule is C=NCc1[nH]c2nc1-c1ccc(NC(=O)OC)cc1N[C@@H](C(=O)OCCS(C)(=O)=O)CCCC[C@@H]2NC(=O)/C=C/c1cc(Cl)ccc1-n1cnnn1. The van der Waals surface area contributed by atoms with Crippen molar-refractivity contribution in [2.75, 3.05) is 36.4 Å². The predicted molar refractivity (Wildman–Crippen MR) is 194 cm³/mol. The van der Waals surface area contributed by atoms with Crippen LogP contribution in [-0.2, 0) is 35.4 Å². The van der Waals surface area contributed by atoms with Gasteiger partial charge in [0, 0.05) is 39.9 Å². The van der Waals surface area contributed by atoms with Crippen molar-refractivity contribution in [3.05, 3.63) is 70.9 Å². The van der Waals surface area contributed by atoms with Gasteiger partial charge in [0.05, 0.1) is 42.5 Å². The second-order valence-corrected chi connectivity index (χ2v) is 14.5. The molecule has 2 aromatic carbocycles. The largest absolute Gasteiger partial charge is 0.463 e. The van der Waals surface area contributed by atoms with E-state index >= 15 is 0 Å². The molecule has 5 rings (SSSR count). The van der Waals surface area contributed by atoms with Gasteiger partial charge >= 0.3 is 12.1 Å². The Hall–Kier alpha value is -5.62. The first kappa shape index (κ1) is 37.6. The van der Waals surface area contributed by atoms with Gasteiger partial charge in [-0.3, -0.25) is 15.1 Å². The Balaban J connectivity index is 1.48. The van der Waals surface area contributed by atoms with Crippen LogP contribution >= 0.6 is 11.6 Å². The van der Waals surface area contributed by atoms with Gasteiger partial charge in [-0.25, -0.2) is 23.0 Å². The van der Waals surface area contributed by atoms with Gasteiger partial charge in [0.2, 0.25) is 5.91 Å². The normalized spacial score (nSPS) is 16.1. The van der Waals surface area contributed by atoms with Gasteiger partial charge in [0.15, 0.2) is 9.84 Å². The molecule has 4 aromatic rings. The van der Waals surface area contributed by atoms with Crippen molar-refractivity contribution in [3.63, 3.8) is 0 Å². The number of carbonyl (C=O) groups excluding carboxylic acids is 3. The van der Waals surface area contributed by atoms with Crippen LogP contribution in [0.2, 0.25) is 5.02 Å². The monoisotopic (exact) mass is 752 g/mol. The maximum atomic E-state index is 13.4. The molecule has 3 heterocycles. The lowest BCUT2D eigenvalue weighted by atomic mass is 10.0. The number of rotatable bonds is 11. The van der Waals surface area contributed by atoms with Crippen LogP contribution in [0.4, 0.5) is 16.2 Å². The number of hydrogen-bond acceptors (Lipinski definition) is 13. The summed E-state index contributed by atoms with van der Waals surface area (Å²) in [7, 11) is -2.13. The van der Waals surface area contributed by atoms with Crippen molar-refractivity contribution in [3.8, 4) is 16.9 Å². The molecule has 19 heteroatoms. The third-order valence-corrected chi connectivity index (χ3v) is 9.11. The van der Waals surface area contributed by atoms with Crippen LogP contribution in [-0.4, -0.2) is 95.0 Å². The number of benzene rings is 2. The lowest BCUT2D eigenvalue weighted by Gasteiger charge is -2.22. The molecule has 52 heavy (non-hydrogen) atoms. The number of esters is 1. The number of anilines is 2. The molecule has 0 unspecified atom stereocenters. The highest BCUT2D eigenvalue weighted by Gasteiger charge is 2.27. The smallest absolute Gasteiger partial charge is 0.411 e. The minimum absolute atomic E-state index is 0.149. The number of carbonyl (C=O) groups is 3. The number of methoxy groups -OCH3 is 1. The highest BCUT2D eigenvalue weighted by atomic mass is 35.5. The van der Waals surface area contributed by atoms with E-state index in [1.165, 1.54) is 24.2 Å². The van der Waals surface area contributed by atoms with Gasteiger partial charge in [-0.15, -0.1) is 5.10 Å². The molecular weight excluding hydrogens is 716 g/mol. The first-order valence-corrected chi connectivity index (χ1v) is 18.5. The standard InChI is InChI=1S/C33H37ClN10O7S/c1-35-18-27-30-23-11-10-22(37-33(47)50-2)17-26(23)38-25(32(46)51-14-15-52(3,48)49)7-5-4-6-24(31(40-27)41-30)39-29(45)13-8-20-16-21(34)9-12-28(20)44-19-36-42-43-44/h8-13,16-17,19,24-25,38H,1,4-7,14-15,18H2,2-3H3,(H,37,47)(H,39,45)(H,40,41)/b13-8+/t24-,25+/m0/s1. The molecule has 1 aliphatic rings. The van der Waals surface area contributed by atoms with Crippen LogP contribution in [0, 0.1) is 0 Å². The highest BCUT2D eigenvalue weighted by Crippen LogP contribution is 2.35. The molecule has 0 saturated carbocycles. The zero-order chi connectivity index (χ0) is 37.3. The summed E-state index contributed by atoms with van der Waals surface area (Å²) in [5.74, 6) is -0.901. The van der Waals surface area contributed by atoms with Gasteiger partial charge in [-0.05, 0) is 72.5 Å². The summed E-state index contributed by atoms with van der Waals surface area (Å²) in [5, 5.41) is 20.6. The number of nitrogens with one attached hydrogen (secondary N) is 4. The number of tetrazole rings is 1. The summed E-state index contributed by atoms with van der Waals surface area (Å²) in [6, 6.07) is 8.61. The first-order valence-electron chi connectivity index (χ1n) is 16.1. The number of fused-ring (bicyclic) bond motifs is 4. The van der Waals surface area contributed by atoms with Crippen LogP contribution < -0.4 is 16.0 Å². The number of aromatic nitrogens is 6. The van der Waals surface area contributed by atoms with E-state index in [0.717, 1.165) is 6.26 Å². The van der Waals surface area contributed by atoms with E-state index in [2.05, 4.69) is 48.2 Å². The number of halogens is 1. The second kappa shape index (κ2) is 17.1. The average molecular weight is 753 g/mol. The number of H-pyrrole nitrogens is 1. The number of aliphatic imine (C=N–C) groups is 1. The number of hydrogen-bond donors (Lipinski definition) is 4. The molecular formula is C33H37ClN10O7S. The van der Waals surface area contributed by atoms with Crippen LogP contribution in [0.1, 0.15) is 48.8 Å². The van der Waals surface area contributed by atoms with E-state index in [9.17, 15) is 22.8 Å². The summed E-state index contributed by atoms with van der Waals surface area (Å²) < 4.78 is 34.9. The number of sulfone groups is 1. The van der Waals surface area contributed by atoms with Crippen LogP contribution in [0.25, 0.3) is 23.0 Å². The molecule has 274 valence electrons. The van der Waals surface area contributed by atoms with Crippen molar-refractivity contribution in [2.45, 2.75) is 44.3 Å². The summed E-state index contributed by atoms with van der Waals surface area (Å²) in [6.07, 6.45) is 6.61. The van der Waals surface area contributed by atoms with E-state index in [4.69, 9.17) is 26.1 Å². The number of ether oxygens (including phenoxy) is 2. The number of aromatic amines is 1. The van der Waals surface area contributed by atoms with Crippen LogP contribution in [0.15, 0.2) is 53.8 Å². The lowest BCUT2D eigenvalue weighted by Crippen LogP contribution is -2.33. The molecule has 2 atom stereocenters. The Morgan fingerprint density at radius 1 is 1.17 bits per heavy atom. The maximum Gasteiger partial charge on any atom is 0.411 e. The molecule has 17 nitrogen and oxygen atoms in total. The third-order valence-electron chi connectivity index (χ3n) is 7.97. The fourth-order valence-electron chi connectivity index (χ4n) is 5.49. The van der Waals surface area contributed by atoms with Gasteiger partial charge in [-0.2, -0.15) is 4.68 Å². The molecule has 0 saturated heterocycles. The lowest BCUT2D eigenvalue weighted by molar-refractivity contribution is -0.144. The molecule has 2 bridgehead atoms. The Morgan fingerprint density at radius 3 is 2.71 bits per heavy atom. The minimum Gasteiger partial charge on any atom is -0.463 e. The Morgan fingerprint density at radius 2 is 1.98 bits per heavy atom. The quantitative estimate of drug-likeness (QED) is 0.0973. The van der Waals surface area contributed by atoms with Gasteiger partial charge < -0.3 is 25.1 Å². The third kappa shape index (κ3) is 10.0. The highest BCUT2D eigenvalue weighted by molar-refractivity contribution is 7.90. The fraction of sp³-hybridized carbons (Fsp3) is 0.333. The average Bonchev–Trinajstić information content (AvgIpc) is 3.78. The van der Waals surface area contributed by atoms with Crippen LogP contribution in [0.3, 0.4) is 0 Å². The zero-order valence-electron chi connectivity index (χ0n) is 28.3. The van der Waals surface area contributed by atoms with Crippen molar-refractivity contribution < 1.29 is 32.3 Å². The van der Waals surface area contributed by atoms with E-state index in [-0.39, 0.29) is 18.9 Å². The zero-order valence-corrected chi connectivity index (χ0v) is 29.9. The molecule has 0 aliphatic carbocycles. The van der Waals surface area contributed by atoms with Crippen molar-refractivity contribution in [2.24, 2.45) is 4.99 Å². The Labute approximate surface area is 304 Å². The minimum atomic E-state index is -3.37. The molecule has 0 radical (unpaired) electrons. The van der Waals surface area contributed by atoms with Gasteiger partial charge in [0.1, 0.15) is 24.8 Å². The number of nitrogens with zero attached hydrogens (tertiary/aromatic N) is 6. The van der Waals surface area contributed by atoms with Crippen molar-refractivity contribution in [1.82, 2.24) is 35.5 Å². The molecule has 0 fully saturated rings. The maximum absolute atomic E-state index is 13.4. The summed E-state index contributed by atoms with van der Waals surface area (Å²) in [5.41, 5.74) is 3.62. The van der Waals surface area contributed by atoms with E-state index in [0.29, 0.717) is 76.1 Å². The predicted octanol–water partition coefficient (Wildman–Crippen LogP) is 3.90. The van der Waals surface area contributed by atoms with Gasteiger partial charge in [0.25, 0.3) is 0 Å². The van der Waals surface area contributed by atoms with E-state index in [1.807, 2.05) is 0 Å². The van der Waals surface area contributed by atoms with E-state index in [1.54, 1.807) is 42.5 Å². The molecule has 4 N–H and O–H groups in total. The topological polar surface area (TPSA) is 225 Å². The van der Waals surface area contributed by atoms with Crippen molar-refractivity contribution in [1.29, 1.82) is 0 Å². The first-order chi connectivity index (χ1) is 24.9. The van der Waals surface area contributed by atoms with Crippen molar-refractivity contribution >= 4 is 63.6 Å². The number of amides is 2. The second-order valence-electron chi connectivity index (χ2n) is 11.8. The molecule has 2 aromatic heterocycles. The Kier molecular flexibility index (Phi) is 12.3. The summed E-state index contributed by atoms with van der Waals surface area (Å²) >= 11 is 6.25. The molecule has 2 amide bonds. The summed E-state index contributed by atoms with van der Waals surface area (Å²) in [6.45, 7) is 3.48. The number of imidazole rings is 1. The fourth-order valence-corrected chi connectivity index (χ4v) is 6.06. The summed E-state index contributed by atoms with van der Waals surface area (Å²) in [4.78, 5) is 51.1. The Bertz CT molecular complexity index is 2070.